The molecule has 1 N–H and O–H groups in total. The number of amides is 1. The first kappa shape index (κ1) is 20.3. The second-order valence-corrected chi connectivity index (χ2v) is 7.31. The van der Waals surface area contributed by atoms with E-state index in [9.17, 15) is 9.18 Å². The average Bonchev–Trinajstić information content (AvgIpc) is 3.53. The van der Waals surface area contributed by atoms with E-state index in [1.807, 2.05) is 18.2 Å². The number of hydrogen-bond acceptors (Lipinski definition) is 3. The van der Waals surface area contributed by atoms with Crippen molar-refractivity contribution in [1.82, 2.24) is 10.2 Å². The maximum Gasteiger partial charge on any atom is 0.230 e. The Hall–Kier alpha value is -2.40. The Balaban J connectivity index is 1.76. The molecule has 1 saturated carbocycles. The minimum absolute atomic E-state index is 0.0270. The summed E-state index contributed by atoms with van der Waals surface area (Å²) in [5, 5.41) is 3.17. The molecule has 2 aromatic rings. The lowest BCUT2D eigenvalue weighted by Crippen LogP contribution is -2.41. The van der Waals surface area contributed by atoms with Crippen LogP contribution in [-0.2, 0) is 10.2 Å². The van der Waals surface area contributed by atoms with Crippen LogP contribution in [0.15, 0.2) is 48.5 Å². The molecule has 0 saturated heterocycles. The predicted molar refractivity (Wildman–Crippen MR) is 109 cm³/mol. The zero-order valence-corrected chi connectivity index (χ0v) is 16.9. The summed E-state index contributed by atoms with van der Waals surface area (Å²) < 4.78 is 18.6. The topological polar surface area (TPSA) is 41.6 Å². The fourth-order valence-electron chi connectivity index (χ4n) is 3.87. The molecule has 1 aliphatic carbocycles. The summed E-state index contributed by atoms with van der Waals surface area (Å²) in [7, 11) is 1.66. The maximum absolute atomic E-state index is 13.3. The number of nitrogens with one attached hydrogen (secondary N) is 1. The molecule has 0 aromatic heterocycles. The summed E-state index contributed by atoms with van der Waals surface area (Å²) in [5.41, 5.74) is 1.51. The average molecular weight is 384 g/mol. The van der Waals surface area contributed by atoms with Crippen LogP contribution in [0, 0.1) is 5.82 Å². The number of carbonyl (C=O) groups is 1. The van der Waals surface area contributed by atoms with Gasteiger partial charge in [-0.2, -0.15) is 0 Å². The highest BCUT2D eigenvalue weighted by Crippen LogP contribution is 2.48. The van der Waals surface area contributed by atoms with Crippen molar-refractivity contribution in [3.63, 3.8) is 0 Å². The van der Waals surface area contributed by atoms with Crippen LogP contribution in [-0.4, -0.2) is 37.6 Å². The van der Waals surface area contributed by atoms with Crippen molar-refractivity contribution in [3.05, 3.63) is 65.5 Å². The van der Waals surface area contributed by atoms with Crippen LogP contribution in [0.5, 0.6) is 5.75 Å². The largest absolute Gasteiger partial charge is 0.497 e. The van der Waals surface area contributed by atoms with E-state index in [1.54, 1.807) is 19.2 Å². The van der Waals surface area contributed by atoms with Crippen LogP contribution < -0.4 is 10.1 Å². The van der Waals surface area contributed by atoms with Gasteiger partial charge in [-0.15, -0.1) is 0 Å². The van der Waals surface area contributed by atoms with E-state index in [2.05, 4.69) is 30.1 Å². The number of halogens is 1. The van der Waals surface area contributed by atoms with E-state index in [-0.39, 0.29) is 17.8 Å². The van der Waals surface area contributed by atoms with Crippen LogP contribution in [0.3, 0.4) is 0 Å². The molecule has 150 valence electrons. The van der Waals surface area contributed by atoms with Crippen molar-refractivity contribution >= 4 is 5.91 Å². The molecule has 1 amide bonds. The third-order valence-corrected chi connectivity index (χ3v) is 5.77. The molecule has 3 rings (SSSR count). The lowest BCUT2D eigenvalue weighted by atomic mass is 9.94. The molecule has 0 radical (unpaired) electrons. The molecule has 0 aliphatic heterocycles. The van der Waals surface area contributed by atoms with Gasteiger partial charge >= 0.3 is 0 Å². The van der Waals surface area contributed by atoms with Crippen LogP contribution in [0.4, 0.5) is 4.39 Å². The highest BCUT2D eigenvalue weighted by Gasteiger charge is 2.51. The number of likely N-dealkylation sites (N-methyl/N-ethyl adjacent to an activating group) is 1. The number of nitrogens with zero attached hydrogens (tertiary/aromatic N) is 1. The van der Waals surface area contributed by atoms with Crippen molar-refractivity contribution in [1.29, 1.82) is 0 Å². The summed E-state index contributed by atoms with van der Waals surface area (Å²) in [5.74, 6) is 0.560. The molecule has 1 unspecified atom stereocenters. The second-order valence-electron chi connectivity index (χ2n) is 7.31. The molecule has 1 fully saturated rings. The van der Waals surface area contributed by atoms with Crippen LogP contribution in [0.25, 0.3) is 0 Å². The van der Waals surface area contributed by atoms with E-state index < -0.39 is 5.41 Å². The lowest BCUT2D eigenvalue weighted by molar-refractivity contribution is -0.123. The first-order valence-corrected chi connectivity index (χ1v) is 9.96. The zero-order valence-electron chi connectivity index (χ0n) is 16.9. The van der Waals surface area contributed by atoms with Crippen molar-refractivity contribution in [2.24, 2.45) is 0 Å². The quantitative estimate of drug-likeness (QED) is 0.709. The predicted octanol–water partition coefficient (Wildman–Crippen LogP) is 4.07. The zero-order chi connectivity index (χ0) is 20.1. The van der Waals surface area contributed by atoms with Gasteiger partial charge in [-0.25, -0.2) is 4.39 Å². The van der Waals surface area contributed by atoms with Gasteiger partial charge in [-0.05, 0) is 61.3 Å². The van der Waals surface area contributed by atoms with Crippen LogP contribution in [0.2, 0.25) is 0 Å². The maximum atomic E-state index is 13.3. The number of ether oxygens (including phenoxy) is 1. The monoisotopic (exact) mass is 384 g/mol. The van der Waals surface area contributed by atoms with E-state index in [0.717, 1.165) is 42.8 Å². The van der Waals surface area contributed by atoms with Crippen molar-refractivity contribution < 1.29 is 13.9 Å². The Kier molecular flexibility index (Phi) is 6.35. The molecule has 2 aromatic carbocycles. The van der Waals surface area contributed by atoms with Gasteiger partial charge in [-0.1, -0.05) is 38.1 Å². The lowest BCUT2D eigenvalue weighted by Gasteiger charge is -2.31. The third-order valence-electron chi connectivity index (χ3n) is 5.77. The van der Waals surface area contributed by atoms with Gasteiger partial charge in [0.25, 0.3) is 0 Å². The summed E-state index contributed by atoms with van der Waals surface area (Å²) in [4.78, 5) is 15.3. The van der Waals surface area contributed by atoms with Gasteiger partial charge in [0.05, 0.1) is 18.6 Å². The Morgan fingerprint density at radius 3 is 2.43 bits per heavy atom. The number of methoxy groups -OCH3 is 1. The fourth-order valence-corrected chi connectivity index (χ4v) is 3.87. The van der Waals surface area contributed by atoms with Crippen molar-refractivity contribution in [2.45, 2.75) is 38.1 Å². The Morgan fingerprint density at radius 1 is 1.18 bits per heavy atom. The molecule has 0 bridgehead atoms. The van der Waals surface area contributed by atoms with E-state index in [0.29, 0.717) is 6.54 Å². The van der Waals surface area contributed by atoms with Crippen molar-refractivity contribution in [2.75, 3.05) is 26.7 Å². The molecule has 28 heavy (non-hydrogen) atoms. The number of hydrogen-bond donors (Lipinski definition) is 1. The number of benzene rings is 2. The molecular weight excluding hydrogens is 355 g/mol. The summed E-state index contributed by atoms with van der Waals surface area (Å²) in [6, 6.07) is 14.4. The second kappa shape index (κ2) is 8.74. The smallest absolute Gasteiger partial charge is 0.230 e. The highest BCUT2D eigenvalue weighted by atomic mass is 19.1. The third kappa shape index (κ3) is 4.20. The minimum atomic E-state index is -0.504. The fraction of sp³-hybridized carbons (Fsp3) is 0.435. The van der Waals surface area contributed by atoms with Gasteiger partial charge in [0.2, 0.25) is 5.91 Å². The van der Waals surface area contributed by atoms with Crippen molar-refractivity contribution in [3.8, 4) is 5.75 Å². The normalized spacial score (nSPS) is 15.9. The molecule has 1 atom stereocenters. The summed E-state index contributed by atoms with van der Waals surface area (Å²) in [6.07, 6.45) is 1.61. The molecule has 1 aliphatic rings. The number of carbonyl (C=O) groups excluding carboxylic acids is 1. The molecule has 0 spiro atoms. The molecule has 0 heterocycles. The Labute approximate surface area is 166 Å². The van der Waals surface area contributed by atoms with Crippen LogP contribution in [0.1, 0.15) is 43.9 Å². The van der Waals surface area contributed by atoms with Gasteiger partial charge in [0.1, 0.15) is 11.6 Å². The highest BCUT2D eigenvalue weighted by molar-refractivity contribution is 5.91. The number of rotatable bonds is 9. The standard InChI is InChI=1S/C23H29FN2O2/c1-4-26(5-2)21(17-7-6-8-20(15-17)28-3)16-25-22(27)23(13-14-23)18-9-11-19(24)12-10-18/h6-12,15,21H,4-5,13-14,16H2,1-3H3,(H,25,27). The van der Waals surface area contributed by atoms with E-state index >= 15 is 0 Å². The van der Waals surface area contributed by atoms with Gasteiger partial charge in [0, 0.05) is 6.54 Å². The Bertz CT molecular complexity index is 799. The van der Waals surface area contributed by atoms with Gasteiger partial charge in [-0.3, -0.25) is 9.69 Å². The molecule has 5 heteroatoms. The van der Waals surface area contributed by atoms with E-state index in [4.69, 9.17) is 4.74 Å². The minimum Gasteiger partial charge on any atom is -0.497 e. The van der Waals surface area contributed by atoms with Crippen LogP contribution >= 0.6 is 0 Å². The summed E-state index contributed by atoms with van der Waals surface area (Å²) in [6.45, 7) is 6.55. The van der Waals surface area contributed by atoms with Gasteiger partial charge < -0.3 is 10.1 Å². The SMILES string of the molecule is CCN(CC)C(CNC(=O)C1(c2ccc(F)cc2)CC1)c1cccc(OC)c1. The van der Waals surface area contributed by atoms with Gasteiger partial charge in [0.15, 0.2) is 0 Å². The first-order valence-electron chi connectivity index (χ1n) is 9.96. The molecule has 4 nitrogen and oxygen atoms in total. The molecular formula is C23H29FN2O2. The van der Waals surface area contributed by atoms with E-state index in [1.165, 1.54) is 12.1 Å². The summed E-state index contributed by atoms with van der Waals surface area (Å²) >= 11 is 0. The Morgan fingerprint density at radius 2 is 1.86 bits per heavy atom. The first-order chi connectivity index (χ1) is 13.5.